The molecule has 2 rings (SSSR count). The predicted octanol–water partition coefficient (Wildman–Crippen LogP) is 0.760. The first-order valence-electron chi connectivity index (χ1n) is 5.80. The number of carboxylic acid groups (broad SMARTS) is 1. The third kappa shape index (κ3) is 2.62. The molecule has 1 aliphatic rings. The Morgan fingerprint density at radius 2 is 1.84 bits per heavy atom. The highest BCUT2D eigenvalue weighted by atomic mass is 16.5. The number of amides is 1. The average molecular weight is 265 g/mol. The average Bonchev–Trinajstić information content (AvgIpc) is 2.80. The van der Waals surface area contributed by atoms with E-state index in [9.17, 15) is 9.59 Å². The maximum absolute atomic E-state index is 11.4. The number of nitrogens with one attached hydrogen (secondary N) is 1. The van der Waals surface area contributed by atoms with Gasteiger partial charge in [0.1, 0.15) is 17.5 Å². The van der Waals surface area contributed by atoms with Gasteiger partial charge >= 0.3 is 5.97 Å². The van der Waals surface area contributed by atoms with Crippen molar-refractivity contribution >= 4 is 11.9 Å². The summed E-state index contributed by atoms with van der Waals surface area (Å²) in [6.45, 7) is 0. The number of hydrogen-bond donors (Lipinski definition) is 2. The zero-order valence-electron chi connectivity index (χ0n) is 10.7. The first-order valence-corrected chi connectivity index (χ1v) is 5.80. The molecule has 0 saturated carbocycles. The van der Waals surface area contributed by atoms with E-state index in [-0.39, 0.29) is 12.3 Å². The molecule has 0 aliphatic carbocycles. The number of rotatable bonds is 4. The molecule has 102 valence electrons. The molecule has 0 bridgehead atoms. The van der Waals surface area contributed by atoms with Crippen molar-refractivity contribution in [3.05, 3.63) is 23.8 Å². The molecule has 0 spiro atoms. The summed E-state index contributed by atoms with van der Waals surface area (Å²) in [5, 5.41) is 11.6. The van der Waals surface area contributed by atoms with Gasteiger partial charge in [-0.3, -0.25) is 4.79 Å². The van der Waals surface area contributed by atoms with Crippen molar-refractivity contribution in [3.8, 4) is 11.5 Å². The molecule has 1 amide bonds. The lowest BCUT2D eigenvalue weighted by molar-refractivity contribution is -0.140. The van der Waals surface area contributed by atoms with Crippen LogP contribution in [0, 0.1) is 0 Å². The fourth-order valence-corrected chi connectivity index (χ4v) is 2.24. The Balaban J connectivity index is 2.39. The molecule has 1 heterocycles. The number of aliphatic carboxylic acids is 1. The standard InChI is InChI=1S/C13H15NO5/c1-18-8-3-7(4-9(5-8)19-2)10-6-11(15)14-12(10)13(16)17/h3-5,10,12H,6H2,1-2H3,(H,14,15)(H,16,17). The van der Waals surface area contributed by atoms with Gasteiger partial charge in [0.25, 0.3) is 0 Å². The van der Waals surface area contributed by atoms with E-state index < -0.39 is 17.9 Å². The van der Waals surface area contributed by atoms with E-state index in [1.54, 1.807) is 18.2 Å². The van der Waals surface area contributed by atoms with Gasteiger partial charge in [0.05, 0.1) is 14.2 Å². The number of carbonyl (C=O) groups is 2. The molecule has 0 radical (unpaired) electrons. The third-order valence-electron chi connectivity index (χ3n) is 3.19. The summed E-state index contributed by atoms with van der Waals surface area (Å²) in [5.74, 6) is -0.596. The summed E-state index contributed by atoms with van der Waals surface area (Å²) in [4.78, 5) is 22.6. The fourth-order valence-electron chi connectivity index (χ4n) is 2.24. The fraction of sp³-hybridized carbons (Fsp3) is 0.385. The topological polar surface area (TPSA) is 84.9 Å². The minimum Gasteiger partial charge on any atom is -0.497 e. The van der Waals surface area contributed by atoms with Crippen LogP contribution in [0.4, 0.5) is 0 Å². The van der Waals surface area contributed by atoms with Crippen LogP contribution in [0.1, 0.15) is 17.9 Å². The summed E-state index contributed by atoms with van der Waals surface area (Å²) in [5.41, 5.74) is 0.710. The predicted molar refractivity (Wildman–Crippen MR) is 66.5 cm³/mol. The van der Waals surface area contributed by atoms with Crippen molar-refractivity contribution in [2.75, 3.05) is 14.2 Å². The number of ether oxygens (including phenoxy) is 2. The van der Waals surface area contributed by atoms with Gasteiger partial charge in [-0.25, -0.2) is 4.79 Å². The number of methoxy groups -OCH3 is 2. The quantitative estimate of drug-likeness (QED) is 0.839. The van der Waals surface area contributed by atoms with E-state index >= 15 is 0 Å². The molecule has 6 nitrogen and oxygen atoms in total. The van der Waals surface area contributed by atoms with Gasteiger partial charge in [0, 0.05) is 18.4 Å². The van der Waals surface area contributed by atoms with Crippen LogP contribution >= 0.6 is 0 Å². The highest BCUT2D eigenvalue weighted by Gasteiger charge is 2.38. The number of carbonyl (C=O) groups excluding carboxylic acids is 1. The first kappa shape index (κ1) is 13.2. The lowest BCUT2D eigenvalue weighted by Crippen LogP contribution is -2.36. The van der Waals surface area contributed by atoms with E-state index in [0.717, 1.165) is 0 Å². The molecule has 2 N–H and O–H groups in total. The van der Waals surface area contributed by atoms with Crippen LogP contribution < -0.4 is 14.8 Å². The molecular formula is C13H15NO5. The molecule has 1 saturated heterocycles. The van der Waals surface area contributed by atoms with Crippen molar-refractivity contribution in [2.45, 2.75) is 18.4 Å². The maximum atomic E-state index is 11.4. The summed E-state index contributed by atoms with van der Waals surface area (Å²) < 4.78 is 10.3. The first-order chi connectivity index (χ1) is 9.05. The Morgan fingerprint density at radius 1 is 1.26 bits per heavy atom. The van der Waals surface area contributed by atoms with Crippen LogP contribution in [0.3, 0.4) is 0 Å². The van der Waals surface area contributed by atoms with Gasteiger partial charge in [0.15, 0.2) is 0 Å². The highest BCUT2D eigenvalue weighted by molar-refractivity contribution is 5.89. The normalized spacial score (nSPS) is 21.9. The van der Waals surface area contributed by atoms with Crippen LogP contribution in [-0.4, -0.2) is 37.2 Å². The van der Waals surface area contributed by atoms with Crippen LogP contribution in [0.2, 0.25) is 0 Å². The van der Waals surface area contributed by atoms with E-state index in [4.69, 9.17) is 14.6 Å². The second-order valence-corrected chi connectivity index (χ2v) is 4.34. The van der Waals surface area contributed by atoms with E-state index in [1.807, 2.05) is 0 Å². The van der Waals surface area contributed by atoms with Crippen LogP contribution in [0.15, 0.2) is 18.2 Å². The molecular weight excluding hydrogens is 250 g/mol. The zero-order chi connectivity index (χ0) is 14.0. The van der Waals surface area contributed by atoms with Crippen LogP contribution in [0.5, 0.6) is 11.5 Å². The van der Waals surface area contributed by atoms with Gasteiger partial charge in [-0.2, -0.15) is 0 Å². The summed E-state index contributed by atoms with van der Waals surface area (Å²) >= 11 is 0. The molecule has 2 unspecified atom stereocenters. The molecule has 1 aliphatic heterocycles. The smallest absolute Gasteiger partial charge is 0.326 e. The zero-order valence-corrected chi connectivity index (χ0v) is 10.7. The lowest BCUT2D eigenvalue weighted by atomic mass is 9.91. The second-order valence-electron chi connectivity index (χ2n) is 4.34. The lowest BCUT2D eigenvalue weighted by Gasteiger charge is -2.16. The minimum absolute atomic E-state index is 0.146. The monoisotopic (exact) mass is 265 g/mol. The molecule has 6 heteroatoms. The van der Waals surface area contributed by atoms with Crippen molar-refractivity contribution in [1.82, 2.24) is 5.32 Å². The molecule has 1 aromatic carbocycles. The van der Waals surface area contributed by atoms with Crippen molar-refractivity contribution in [2.24, 2.45) is 0 Å². The molecule has 19 heavy (non-hydrogen) atoms. The highest BCUT2D eigenvalue weighted by Crippen LogP contribution is 2.33. The van der Waals surface area contributed by atoms with Crippen molar-refractivity contribution in [1.29, 1.82) is 0 Å². The number of benzene rings is 1. The van der Waals surface area contributed by atoms with Crippen molar-refractivity contribution < 1.29 is 24.2 Å². The van der Waals surface area contributed by atoms with Gasteiger partial charge in [-0.05, 0) is 17.7 Å². The Bertz CT molecular complexity index is 492. The Morgan fingerprint density at radius 3 is 2.32 bits per heavy atom. The SMILES string of the molecule is COc1cc(OC)cc(C2CC(=O)NC2C(=O)O)c1. The van der Waals surface area contributed by atoms with Crippen LogP contribution in [0.25, 0.3) is 0 Å². The van der Waals surface area contributed by atoms with Crippen LogP contribution in [-0.2, 0) is 9.59 Å². The Labute approximate surface area is 110 Å². The minimum atomic E-state index is -1.04. The van der Waals surface area contributed by atoms with E-state index in [0.29, 0.717) is 17.1 Å². The Kier molecular flexibility index (Phi) is 3.59. The largest absolute Gasteiger partial charge is 0.497 e. The molecule has 0 aromatic heterocycles. The van der Waals surface area contributed by atoms with Gasteiger partial charge in [-0.15, -0.1) is 0 Å². The third-order valence-corrected chi connectivity index (χ3v) is 3.19. The summed E-state index contributed by atoms with van der Waals surface area (Å²) in [6.07, 6.45) is 0.146. The van der Waals surface area contributed by atoms with Gasteiger partial charge in [-0.1, -0.05) is 0 Å². The van der Waals surface area contributed by atoms with E-state index in [1.165, 1.54) is 14.2 Å². The molecule has 2 atom stereocenters. The maximum Gasteiger partial charge on any atom is 0.326 e. The summed E-state index contributed by atoms with van der Waals surface area (Å²) in [6, 6.07) is 4.24. The van der Waals surface area contributed by atoms with E-state index in [2.05, 4.69) is 5.32 Å². The second kappa shape index (κ2) is 5.17. The number of carboxylic acids is 1. The number of hydrogen-bond acceptors (Lipinski definition) is 4. The molecule has 1 fully saturated rings. The molecule has 1 aromatic rings. The Hall–Kier alpha value is -2.24. The summed E-state index contributed by atoms with van der Waals surface area (Å²) in [7, 11) is 3.04. The van der Waals surface area contributed by atoms with Gasteiger partial charge < -0.3 is 19.9 Å². The van der Waals surface area contributed by atoms with Gasteiger partial charge in [0.2, 0.25) is 5.91 Å². The van der Waals surface area contributed by atoms with Crippen molar-refractivity contribution in [3.63, 3.8) is 0 Å².